The monoisotopic (exact) mass is 343 g/mol. The first-order valence-corrected chi connectivity index (χ1v) is 9.79. The Hall–Kier alpha value is -1.02. The molecule has 24 heavy (non-hydrogen) atoms. The molecule has 0 aromatic carbocycles. The summed E-state index contributed by atoms with van der Waals surface area (Å²) in [6, 6.07) is 2.07. The number of aromatic nitrogens is 2. The third kappa shape index (κ3) is 2.05. The number of hydrogen-bond donors (Lipinski definition) is 2. The number of nitrogens with zero attached hydrogens (tertiary/aromatic N) is 2. The molecule has 5 nitrogen and oxygen atoms in total. The molecule has 0 atom stereocenters. The molecule has 2 spiro atoms. The molecule has 4 heterocycles. The minimum absolute atomic E-state index is 0.307. The van der Waals surface area contributed by atoms with Crippen LogP contribution < -0.4 is 5.46 Å². The van der Waals surface area contributed by atoms with Crippen molar-refractivity contribution in [3.05, 3.63) is 24.0 Å². The van der Waals surface area contributed by atoms with Crippen LogP contribution in [-0.2, 0) is 10.3 Å². The minimum Gasteiger partial charge on any atom is -0.423 e. The van der Waals surface area contributed by atoms with Crippen LogP contribution in [0.3, 0.4) is 0 Å². The van der Waals surface area contributed by atoms with Crippen LogP contribution in [0.25, 0.3) is 11.0 Å². The van der Waals surface area contributed by atoms with Crippen LogP contribution in [0, 0.1) is 5.41 Å². The van der Waals surface area contributed by atoms with Crippen molar-refractivity contribution in [1.82, 2.24) is 14.3 Å². The van der Waals surface area contributed by atoms with E-state index in [4.69, 9.17) is 4.65 Å². The van der Waals surface area contributed by atoms with E-state index in [0.717, 1.165) is 35.1 Å². The maximum absolute atomic E-state index is 10.4. The van der Waals surface area contributed by atoms with E-state index in [1.54, 1.807) is 6.20 Å². The van der Waals surface area contributed by atoms with Crippen molar-refractivity contribution in [2.75, 3.05) is 18.8 Å². The Labute approximate surface area is 146 Å². The Morgan fingerprint density at radius 1 is 1.42 bits per heavy atom. The van der Waals surface area contributed by atoms with Gasteiger partial charge < -0.3 is 14.7 Å². The number of rotatable bonds is 2. The van der Waals surface area contributed by atoms with Crippen LogP contribution in [0.2, 0.25) is 0 Å². The number of nitrogens with one attached hydrogen (secondary N) is 1. The molecular weight excluding hydrogens is 321 g/mol. The Morgan fingerprint density at radius 2 is 2.21 bits per heavy atom. The topological polar surface area (TPSA) is 61.4 Å². The zero-order valence-corrected chi connectivity index (χ0v) is 14.7. The van der Waals surface area contributed by atoms with Crippen molar-refractivity contribution in [3.8, 4) is 0 Å². The fourth-order valence-corrected chi connectivity index (χ4v) is 5.91. The third-order valence-corrected chi connectivity index (χ3v) is 7.08. The molecule has 2 aliphatic heterocycles. The number of pyridine rings is 1. The fraction of sp³-hybridized carbons (Fsp3) is 0.588. The van der Waals surface area contributed by atoms with Crippen molar-refractivity contribution in [2.24, 2.45) is 5.41 Å². The minimum atomic E-state index is -0.833. The molecule has 126 valence electrons. The van der Waals surface area contributed by atoms with Gasteiger partial charge in [0.1, 0.15) is 5.65 Å². The van der Waals surface area contributed by atoms with Crippen molar-refractivity contribution in [2.45, 2.75) is 38.2 Å². The van der Waals surface area contributed by atoms with Crippen LogP contribution in [0.15, 0.2) is 18.5 Å². The largest absolute Gasteiger partial charge is 0.493 e. The van der Waals surface area contributed by atoms with Gasteiger partial charge in [-0.1, -0.05) is 18.9 Å². The summed E-state index contributed by atoms with van der Waals surface area (Å²) >= 11 is 1.95. The standard InChI is InChI=1S/C17H22BN3O2S/c1-2-24-21-7-4-16(5-8-21)10-17(11-16)14-12-3-6-19-15(12)20-9-13(14)18(22)23-17/h3,6,9,22H,2,4-5,7-8,10-11H2,1H3,(H,19,20). The number of H-pyrrole nitrogens is 1. The van der Waals surface area contributed by atoms with Gasteiger partial charge >= 0.3 is 7.12 Å². The molecule has 0 radical (unpaired) electrons. The first kappa shape index (κ1) is 15.3. The maximum atomic E-state index is 10.4. The predicted molar refractivity (Wildman–Crippen MR) is 97.1 cm³/mol. The molecule has 3 aliphatic rings. The lowest BCUT2D eigenvalue weighted by Crippen LogP contribution is -2.54. The van der Waals surface area contributed by atoms with E-state index in [1.165, 1.54) is 31.5 Å². The van der Waals surface area contributed by atoms with Crippen molar-refractivity contribution >= 4 is 35.6 Å². The molecule has 1 saturated heterocycles. The Bertz CT molecular complexity index is 779. The van der Waals surface area contributed by atoms with Gasteiger partial charge in [-0.15, -0.1) is 0 Å². The molecule has 1 aliphatic carbocycles. The van der Waals surface area contributed by atoms with Gasteiger partial charge in [0, 0.05) is 42.1 Å². The van der Waals surface area contributed by atoms with Crippen molar-refractivity contribution in [1.29, 1.82) is 0 Å². The summed E-state index contributed by atoms with van der Waals surface area (Å²) in [5, 5.41) is 11.5. The smallest absolute Gasteiger partial charge is 0.423 e. The van der Waals surface area contributed by atoms with E-state index in [-0.39, 0.29) is 5.60 Å². The van der Waals surface area contributed by atoms with Crippen LogP contribution in [0.4, 0.5) is 0 Å². The maximum Gasteiger partial charge on any atom is 0.493 e. The number of hydrogen-bond acceptors (Lipinski definition) is 5. The van der Waals surface area contributed by atoms with Crippen LogP contribution in [0.5, 0.6) is 0 Å². The van der Waals surface area contributed by atoms with Gasteiger partial charge in [0.25, 0.3) is 0 Å². The summed E-state index contributed by atoms with van der Waals surface area (Å²) in [4.78, 5) is 7.60. The molecule has 2 N–H and O–H groups in total. The first-order chi connectivity index (χ1) is 11.6. The van der Waals surface area contributed by atoms with E-state index in [9.17, 15) is 5.02 Å². The molecule has 0 amide bonds. The zero-order valence-electron chi connectivity index (χ0n) is 13.9. The Kier molecular flexibility index (Phi) is 3.33. The van der Waals surface area contributed by atoms with Gasteiger partial charge in [-0.25, -0.2) is 4.98 Å². The quantitative estimate of drug-likeness (QED) is 0.645. The molecule has 0 bridgehead atoms. The highest BCUT2D eigenvalue weighted by Gasteiger charge is 2.62. The fourth-order valence-electron chi connectivity index (χ4n) is 5.10. The van der Waals surface area contributed by atoms with Crippen molar-refractivity contribution in [3.63, 3.8) is 0 Å². The van der Waals surface area contributed by atoms with E-state index in [0.29, 0.717) is 5.41 Å². The number of aromatic amines is 1. The first-order valence-electron chi connectivity index (χ1n) is 8.85. The lowest BCUT2D eigenvalue weighted by Gasteiger charge is -2.58. The van der Waals surface area contributed by atoms with E-state index in [2.05, 4.69) is 27.3 Å². The summed E-state index contributed by atoms with van der Waals surface area (Å²) in [6.07, 6.45) is 8.22. The summed E-state index contributed by atoms with van der Waals surface area (Å²) in [5.41, 5.74) is 3.00. The van der Waals surface area contributed by atoms with E-state index >= 15 is 0 Å². The van der Waals surface area contributed by atoms with Gasteiger partial charge in [-0.2, -0.15) is 0 Å². The van der Waals surface area contributed by atoms with Gasteiger partial charge in [0.15, 0.2) is 0 Å². The molecule has 2 aromatic heterocycles. The summed E-state index contributed by atoms with van der Waals surface area (Å²) in [6.45, 7) is 4.55. The van der Waals surface area contributed by atoms with Crippen LogP contribution >= 0.6 is 11.9 Å². The van der Waals surface area contributed by atoms with E-state index in [1.807, 2.05) is 18.1 Å². The van der Waals surface area contributed by atoms with E-state index < -0.39 is 7.12 Å². The Balaban J connectivity index is 1.44. The normalized spacial score (nSPS) is 24.7. The molecule has 7 heteroatoms. The summed E-state index contributed by atoms with van der Waals surface area (Å²) in [7, 11) is -0.833. The summed E-state index contributed by atoms with van der Waals surface area (Å²) in [5.74, 6) is 1.15. The second kappa shape index (κ2) is 5.24. The lowest BCUT2D eigenvalue weighted by molar-refractivity contribution is -0.133. The van der Waals surface area contributed by atoms with Gasteiger partial charge in [-0.3, -0.25) is 4.31 Å². The molecule has 2 fully saturated rings. The molecule has 1 saturated carbocycles. The van der Waals surface area contributed by atoms with Crippen LogP contribution in [0.1, 0.15) is 38.2 Å². The highest BCUT2D eigenvalue weighted by Crippen LogP contribution is 2.63. The SMILES string of the molecule is CCSN1CCC2(CC1)CC1(C2)OB(O)c2cnc3[nH]ccc3c21. The second-order valence-electron chi connectivity index (χ2n) is 7.49. The number of fused-ring (bicyclic) bond motifs is 4. The predicted octanol–water partition coefficient (Wildman–Crippen LogP) is 2.02. The molecular formula is C17H22BN3O2S. The summed E-state index contributed by atoms with van der Waals surface area (Å²) < 4.78 is 8.62. The van der Waals surface area contributed by atoms with Crippen LogP contribution in [-0.4, -0.2) is 45.3 Å². The average Bonchev–Trinajstić information content (AvgIpc) is 3.12. The van der Waals surface area contributed by atoms with Crippen molar-refractivity contribution < 1.29 is 9.68 Å². The highest BCUT2D eigenvalue weighted by molar-refractivity contribution is 7.96. The third-order valence-electron chi connectivity index (χ3n) is 6.09. The van der Waals surface area contributed by atoms with Gasteiger partial charge in [0.05, 0.1) is 5.60 Å². The molecule has 5 rings (SSSR count). The zero-order chi connectivity index (χ0) is 16.4. The second-order valence-corrected chi connectivity index (χ2v) is 8.85. The molecule has 2 aromatic rings. The Morgan fingerprint density at radius 3 is 2.96 bits per heavy atom. The van der Waals surface area contributed by atoms with Gasteiger partial charge in [-0.05, 0) is 42.7 Å². The lowest BCUT2D eigenvalue weighted by atomic mass is 9.53. The molecule has 0 unspecified atom stereocenters. The number of piperidine rings is 1. The highest BCUT2D eigenvalue weighted by atomic mass is 32.2. The van der Waals surface area contributed by atoms with Gasteiger partial charge in [0.2, 0.25) is 0 Å². The average molecular weight is 343 g/mol.